The molecule has 2 N–H and O–H groups in total. The van der Waals surface area contributed by atoms with Gasteiger partial charge >= 0.3 is 11.9 Å². The lowest BCUT2D eigenvalue weighted by Crippen LogP contribution is -2.47. The highest BCUT2D eigenvalue weighted by Gasteiger charge is 2.36. The molecule has 2 aromatic carbocycles. The molecule has 40 heavy (non-hydrogen) atoms. The lowest BCUT2D eigenvalue weighted by atomic mass is 9.97. The summed E-state index contributed by atoms with van der Waals surface area (Å²) in [5, 5.41) is 22.5. The van der Waals surface area contributed by atoms with E-state index in [0.717, 1.165) is 51.4 Å². The van der Waals surface area contributed by atoms with Crippen molar-refractivity contribution in [2.24, 2.45) is 0 Å². The van der Waals surface area contributed by atoms with Gasteiger partial charge in [0, 0.05) is 12.8 Å². The van der Waals surface area contributed by atoms with Crippen molar-refractivity contribution in [3.63, 3.8) is 0 Å². The van der Waals surface area contributed by atoms with Crippen LogP contribution in [-0.2, 0) is 9.47 Å². The van der Waals surface area contributed by atoms with E-state index in [4.69, 9.17) is 9.47 Å². The Balaban J connectivity index is 2.20. The van der Waals surface area contributed by atoms with E-state index < -0.39 is 36.4 Å². The van der Waals surface area contributed by atoms with E-state index in [9.17, 15) is 19.8 Å². The zero-order valence-electron chi connectivity index (χ0n) is 24.0. The second kappa shape index (κ2) is 19.8. The van der Waals surface area contributed by atoms with Crippen molar-refractivity contribution in [1.82, 2.24) is 0 Å². The summed E-state index contributed by atoms with van der Waals surface area (Å²) in [6.45, 7) is 4.28. The SMILES string of the molecule is CCCCCC=CC[C@@H](OC(=O)c1ccccc1)[C@H](O)[C@H](O)[C@@H](CC=CCCCCC)OC(=O)c1ccccc1. The first-order valence-corrected chi connectivity index (χ1v) is 14.7. The summed E-state index contributed by atoms with van der Waals surface area (Å²) in [5.74, 6) is -1.19. The summed E-state index contributed by atoms with van der Waals surface area (Å²) in [7, 11) is 0. The number of esters is 2. The topological polar surface area (TPSA) is 93.1 Å². The molecule has 0 aliphatic heterocycles. The lowest BCUT2D eigenvalue weighted by Gasteiger charge is -2.30. The molecule has 2 rings (SSSR count). The number of carbonyl (C=O) groups excluding carboxylic acids is 2. The molecule has 0 saturated heterocycles. The first-order valence-electron chi connectivity index (χ1n) is 14.7. The van der Waals surface area contributed by atoms with Crippen LogP contribution in [0.1, 0.15) is 98.8 Å². The molecule has 0 aliphatic carbocycles. The van der Waals surface area contributed by atoms with Crippen LogP contribution in [0.5, 0.6) is 0 Å². The largest absolute Gasteiger partial charge is 0.456 e. The Hall–Kier alpha value is -3.22. The molecule has 6 heteroatoms. The van der Waals surface area contributed by atoms with Gasteiger partial charge in [-0.25, -0.2) is 9.59 Å². The number of rotatable bonds is 19. The second-order valence-electron chi connectivity index (χ2n) is 10.0. The summed E-state index contributed by atoms with van der Waals surface area (Å²) in [6.07, 6.45) is 11.5. The Labute approximate surface area is 239 Å². The van der Waals surface area contributed by atoms with E-state index in [0.29, 0.717) is 11.1 Å². The molecule has 0 aliphatic rings. The summed E-state index contributed by atoms with van der Waals surface area (Å²) in [5.41, 5.74) is 0.700. The Bertz CT molecular complexity index is 934. The van der Waals surface area contributed by atoms with Crippen molar-refractivity contribution in [1.29, 1.82) is 0 Å². The molecule has 4 atom stereocenters. The van der Waals surface area contributed by atoms with E-state index >= 15 is 0 Å². The first-order chi connectivity index (χ1) is 19.5. The monoisotopic (exact) mass is 550 g/mol. The average molecular weight is 551 g/mol. The third kappa shape index (κ3) is 12.3. The first kappa shape index (κ1) is 33.0. The molecular formula is C34H46O6. The number of carbonyl (C=O) groups is 2. The maximum absolute atomic E-state index is 12.9. The van der Waals surface area contributed by atoms with Gasteiger partial charge in [-0.05, 0) is 49.9 Å². The van der Waals surface area contributed by atoms with Crippen molar-refractivity contribution in [3.8, 4) is 0 Å². The van der Waals surface area contributed by atoms with Gasteiger partial charge in [-0.3, -0.25) is 0 Å². The molecule has 0 bridgehead atoms. The van der Waals surface area contributed by atoms with Gasteiger partial charge in [-0.15, -0.1) is 0 Å². The van der Waals surface area contributed by atoms with E-state index in [1.165, 1.54) is 0 Å². The summed E-state index contributed by atoms with van der Waals surface area (Å²) in [4.78, 5) is 25.7. The smallest absolute Gasteiger partial charge is 0.338 e. The standard InChI is InChI=1S/C34H46O6/c1-3-5-7-9-11-19-25-29(39-33(37)27-21-15-13-16-22-27)31(35)32(36)30(26-20-12-10-8-6-4-2)40-34(38)28-23-17-14-18-24-28/h11-24,29-32,35-36H,3-10,25-26H2,1-2H3/t29-,30-,31-,32+/m1/s1. The van der Waals surface area contributed by atoms with Crippen molar-refractivity contribution in [2.45, 2.75) is 102 Å². The summed E-state index contributed by atoms with van der Waals surface area (Å²) in [6, 6.07) is 17.1. The maximum Gasteiger partial charge on any atom is 0.338 e. The van der Waals surface area contributed by atoms with Gasteiger partial charge in [-0.2, -0.15) is 0 Å². The number of benzene rings is 2. The van der Waals surface area contributed by atoms with Crippen LogP contribution in [0, 0.1) is 0 Å². The van der Waals surface area contributed by atoms with Gasteiger partial charge in [0.05, 0.1) is 11.1 Å². The van der Waals surface area contributed by atoms with Crippen LogP contribution in [0.3, 0.4) is 0 Å². The molecule has 218 valence electrons. The van der Waals surface area contributed by atoms with Crippen molar-refractivity contribution in [3.05, 3.63) is 96.1 Å². The molecule has 0 fully saturated rings. The predicted molar refractivity (Wildman–Crippen MR) is 159 cm³/mol. The quantitative estimate of drug-likeness (QED) is 0.109. The number of hydrogen-bond donors (Lipinski definition) is 2. The molecule has 2 aromatic rings. The minimum absolute atomic E-state index is 0.217. The fourth-order valence-electron chi connectivity index (χ4n) is 4.23. The van der Waals surface area contributed by atoms with E-state index in [-0.39, 0.29) is 12.8 Å². The van der Waals surface area contributed by atoms with Crippen LogP contribution in [0.15, 0.2) is 85.0 Å². The summed E-state index contributed by atoms with van der Waals surface area (Å²) < 4.78 is 11.4. The van der Waals surface area contributed by atoms with Gasteiger partial charge in [0.15, 0.2) is 0 Å². The molecule has 0 aromatic heterocycles. The van der Waals surface area contributed by atoms with Crippen LogP contribution in [0.4, 0.5) is 0 Å². The Morgan fingerprint density at radius 3 is 1.35 bits per heavy atom. The number of allylic oxidation sites excluding steroid dienone is 2. The Morgan fingerprint density at radius 2 is 1.00 bits per heavy atom. The highest BCUT2D eigenvalue weighted by molar-refractivity contribution is 5.90. The van der Waals surface area contributed by atoms with Gasteiger partial charge in [0.1, 0.15) is 24.4 Å². The van der Waals surface area contributed by atoms with Gasteiger partial charge < -0.3 is 19.7 Å². The predicted octanol–water partition coefficient (Wildman–Crippen LogP) is 7.21. The third-order valence-corrected chi connectivity index (χ3v) is 6.67. The summed E-state index contributed by atoms with van der Waals surface area (Å²) >= 11 is 0. The Kier molecular flexibility index (Phi) is 16.3. The third-order valence-electron chi connectivity index (χ3n) is 6.67. The Morgan fingerprint density at radius 1 is 0.625 bits per heavy atom. The normalized spacial score (nSPS) is 14.6. The van der Waals surface area contributed by atoms with Crippen LogP contribution in [0.25, 0.3) is 0 Å². The number of unbranched alkanes of at least 4 members (excludes halogenated alkanes) is 6. The minimum atomic E-state index is -1.48. The van der Waals surface area contributed by atoms with E-state index in [1.54, 1.807) is 60.7 Å². The molecule has 0 spiro atoms. The van der Waals surface area contributed by atoms with Crippen LogP contribution in [0.2, 0.25) is 0 Å². The molecule has 6 nitrogen and oxygen atoms in total. The second-order valence-corrected chi connectivity index (χ2v) is 10.0. The van der Waals surface area contributed by atoms with E-state index in [2.05, 4.69) is 13.8 Å². The maximum atomic E-state index is 12.9. The average Bonchev–Trinajstić information content (AvgIpc) is 2.99. The van der Waals surface area contributed by atoms with Crippen LogP contribution < -0.4 is 0 Å². The highest BCUT2D eigenvalue weighted by Crippen LogP contribution is 2.20. The molecule has 0 heterocycles. The van der Waals surface area contributed by atoms with Gasteiger partial charge in [-0.1, -0.05) is 100 Å². The fraction of sp³-hybridized carbons (Fsp3) is 0.471. The van der Waals surface area contributed by atoms with Crippen molar-refractivity contribution < 1.29 is 29.3 Å². The molecule has 0 radical (unpaired) electrons. The van der Waals surface area contributed by atoms with Gasteiger partial charge in [0.2, 0.25) is 0 Å². The number of hydrogen-bond acceptors (Lipinski definition) is 6. The number of ether oxygens (including phenoxy) is 2. The molecule has 0 saturated carbocycles. The highest BCUT2D eigenvalue weighted by atomic mass is 16.6. The lowest BCUT2D eigenvalue weighted by molar-refractivity contribution is -0.111. The van der Waals surface area contributed by atoms with E-state index in [1.807, 2.05) is 24.3 Å². The molecule has 0 unspecified atom stereocenters. The van der Waals surface area contributed by atoms with Gasteiger partial charge in [0.25, 0.3) is 0 Å². The van der Waals surface area contributed by atoms with Crippen LogP contribution >= 0.6 is 0 Å². The van der Waals surface area contributed by atoms with Crippen molar-refractivity contribution >= 4 is 11.9 Å². The van der Waals surface area contributed by atoms with Crippen molar-refractivity contribution in [2.75, 3.05) is 0 Å². The number of aliphatic hydroxyl groups is 2. The van der Waals surface area contributed by atoms with Crippen LogP contribution in [-0.4, -0.2) is 46.6 Å². The fourth-order valence-corrected chi connectivity index (χ4v) is 4.23. The zero-order valence-corrected chi connectivity index (χ0v) is 24.0. The molecular weight excluding hydrogens is 504 g/mol. The molecule has 0 amide bonds. The minimum Gasteiger partial charge on any atom is -0.456 e. The number of aliphatic hydroxyl groups excluding tert-OH is 2. The zero-order chi connectivity index (χ0) is 29.0.